The number of rotatable bonds is 3. The number of aliphatic imine (C=N–C) groups is 1. The van der Waals surface area contributed by atoms with E-state index in [1.54, 1.807) is 0 Å². The number of nitrogens with zero attached hydrogens (tertiary/aromatic N) is 1. The van der Waals surface area contributed by atoms with Crippen LogP contribution < -0.4 is 5.32 Å². The molecule has 0 unspecified atom stereocenters. The zero-order valence-corrected chi connectivity index (χ0v) is 15.4. The van der Waals surface area contributed by atoms with Crippen LogP contribution in [-0.2, 0) is 4.79 Å². The van der Waals surface area contributed by atoms with E-state index in [1.165, 1.54) is 11.8 Å². The van der Waals surface area contributed by atoms with Gasteiger partial charge in [0.2, 0.25) is 0 Å². The van der Waals surface area contributed by atoms with Crippen LogP contribution in [0.15, 0.2) is 80.6 Å². The largest absolute Gasteiger partial charge is 0.300 e. The van der Waals surface area contributed by atoms with Crippen LogP contribution in [0.3, 0.4) is 0 Å². The van der Waals surface area contributed by atoms with Crippen molar-refractivity contribution < 1.29 is 4.79 Å². The number of amidine groups is 1. The fourth-order valence-corrected chi connectivity index (χ4v) is 3.48. The van der Waals surface area contributed by atoms with Crippen LogP contribution in [0.5, 0.6) is 0 Å². The second-order valence-electron chi connectivity index (χ2n) is 5.26. The molecule has 0 aromatic heterocycles. The molecular weight excluding hydrogens is 384 g/mol. The van der Waals surface area contributed by atoms with Gasteiger partial charge in [0.25, 0.3) is 5.91 Å². The molecular formula is C19H15BrN2OS. The molecule has 0 aliphatic carbocycles. The Morgan fingerprint density at radius 3 is 2.71 bits per heavy atom. The second kappa shape index (κ2) is 7.64. The number of nitrogens with one attached hydrogen (secondary N) is 1. The number of carbonyl (C=O) groups excluding carboxylic acids is 1. The van der Waals surface area contributed by atoms with Crippen LogP contribution in [0.4, 0.5) is 5.69 Å². The van der Waals surface area contributed by atoms with Crippen LogP contribution >= 0.6 is 27.7 Å². The summed E-state index contributed by atoms with van der Waals surface area (Å²) >= 11 is 4.77. The van der Waals surface area contributed by atoms with Crippen molar-refractivity contribution in [1.82, 2.24) is 5.32 Å². The lowest BCUT2D eigenvalue weighted by Gasteiger charge is -1.97. The topological polar surface area (TPSA) is 41.5 Å². The van der Waals surface area contributed by atoms with E-state index in [0.717, 1.165) is 21.3 Å². The Balaban J connectivity index is 1.78. The van der Waals surface area contributed by atoms with Gasteiger partial charge in [-0.25, -0.2) is 4.99 Å². The molecule has 24 heavy (non-hydrogen) atoms. The molecule has 3 nitrogen and oxygen atoms in total. The van der Waals surface area contributed by atoms with Gasteiger partial charge < -0.3 is 5.32 Å². The third-order valence-corrected chi connectivity index (χ3v) is 4.65. The molecule has 1 fully saturated rings. The summed E-state index contributed by atoms with van der Waals surface area (Å²) in [6, 6.07) is 17.7. The Kier molecular flexibility index (Phi) is 5.33. The Bertz CT molecular complexity index is 857. The highest BCUT2D eigenvalue weighted by Gasteiger charge is 2.23. The molecule has 1 heterocycles. The number of amides is 1. The SMILES string of the molecule is CC(=C\c1ccccc1)/C=C1/SC(=Nc2cccc(Br)c2)NC1=O. The Morgan fingerprint density at radius 1 is 1.17 bits per heavy atom. The molecule has 3 rings (SSSR count). The maximum Gasteiger partial charge on any atom is 0.264 e. The molecule has 0 saturated carbocycles. The number of halogens is 1. The van der Waals surface area contributed by atoms with Crippen molar-refractivity contribution in [3.8, 4) is 0 Å². The summed E-state index contributed by atoms with van der Waals surface area (Å²) in [5.74, 6) is -0.116. The van der Waals surface area contributed by atoms with Crippen LogP contribution in [0.2, 0.25) is 0 Å². The van der Waals surface area contributed by atoms with E-state index < -0.39 is 0 Å². The number of thioether (sulfide) groups is 1. The van der Waals surface area contributed by atoms with Crippen molar-refractivity contribution in [2.45, 2.75) is 6.92 Å². The van der Waals surface area contributed by atoms with Crippen LogP contribution in [0.25, 0.3) is 6.08 Å². The molecule has 1 aliphatic rings. The average Bonchev–Trinajstić information content (AvgIpc) is 2.87. The predicted molar refractivity (Wildman–Crippen MR) is 105 cm³/mol. The summed E-state index contributed by atoms with van der Waals surface area (Å²) in [6.07, 6.45) is 3.93. The Morgan fingerprint density at radius 2 is 1.96 bits per heavy atom. The van der Waals surface area contributed by atoms with E-state index >= 15 is 0 Å². The van der Waals surface area contributed by atoms with Gasteiger partial charge in [-0.3, -0.25) is 4.79 Å². The van der Waals surface area contributed by atoms with Gasteiger partial charge in [0.15, 0.2) is 5.17 Å². The van der Waals surface area contributed by atoms with Crippen molar-refractivity contribution in [3.63, 3.8) is 0 Å². The first kappa shape index (κ1) is 16.7. The van der Waals surface area contributed by atoms with Gasteiger partial charge in [0.05, 0.1) is 10.6 Å². The minimum Gasteiger partial charge on any atom is -0.300 e. The quantitative estimate of drug-likeness (QED) is 0.713. The Hall–Kier alpha value is -2.11. The molecule has 1 aliphatic heterocycles. The predicted octanol–water partition coefficient (Wildman–Crippen LogP) is 5.29. The van der Waals surface area contributed by atoms with Crippen molar-refractivity contribution in [1.29, 1.82) is 0 Å². The van der Waals surface area contributed by atoms with Crippen molar-refractivity contribution in [2.75, 3.05) is 0 Å². The molecule has 0 radical (unpaired) electrons. The summed E-state index contributed by atoms with van der Waals surface area (Å²) < 4.78 is 0.955. The van der Waals surface area contributed by atoms with E-state index in [4.69, 9.17) is 0 Å². The van der Waals surface area contributed by atoms with Gasteiger partial charge in [-0.05, 0) is 54.1 Å². The van der Waals surface area contributed by atoms with Gasteiger partial charge in [0.1, 0.15) is 0 Å². The zero-order chi connectivity index (χ0) is 16.9. The summed E-state index contributed by atoms with van der Waals surface area (Å²) in [6.45, 7) is 1.98. The average molecular weight is 399 g/mol. The standard InChI is InChI=1S/C19H15BrN2OS/c1-13(10-14-6-3-2-4-7-14)11-17-18(23)22-19(24-17)21-16-9-5-8-15(20)12-16/h2-12H,1H3,(H,21,22,23)/b13-10+,17-11+. The van der Waals surface area contributed by atoms with Crippen LogP contribution in [-0.4, -0.2) is 11.1 Å². The minimum atomic E-state index is -0.116. The third-order valence-electron chi connectivity index (χ3n) is 3.24. The lowest BCUT2D eigenvalue weighted by atomic mass is 10.1. The second-order valence-corrected chi connectivity index (χ2v) is 7.21. The molecule has 0 spiro atoms. The monoisotopic (exact) mass is 398 g/mol. The first-order valence-electron chi connectivity index (χ1n) is 7.39. The third kappa shape index (κ3) is 4.46. The van der Waals surface area contributed by atoms with Gasteiger partial charge in [0, 0.05) is 4.47 Å². The minimum absolute atomic E-state index is 0.116. The highest BCUT2D eigenvalue weighted by molar-refractivity contribution is 9.10. The molecule has 2 aromatic carbocycles. The van der Waals surface area contributed by atoms with Crippen molar-refractivity contribution in [3.05, 3.63) is 81.2 Å². The molecule has 1 N–H and O–H groups in total. The van der Waals surface area contributed by atoms with E-state index in [-0.39, 0.29) is 5.91 Å². The lowest BCUT2D eigenvalue weighted by molar-refractivity contribution is -0.115. The summed E-state index contributed by atoms with van der Waals surface area (Å²) in [7, 11) is 0. The van der Waals surface area contributed by atoms with Crippen LogP contribution in [0, 0.1) is 0 Å². The number of hydrogen-bond acceptors (Lipinski definition) is 3. The van der Waals surface area contributed by atoms with E-state index in [9.17, 15) is 4.79 Å². The maximum absolute atomic E-state index is 12.1. The number of allylic oxidation sites excluding steroid dienone is 2. The van der Waals surface area contributed by atoms with E-state index in [0.29, 0.717) is 10.1 Å². The molecule has 2 aromatic rings. The van der Waals surface area contributed by atoms with Gasteiger partial charge in [-0.2, -0.15) is 0 Å². The number of benzene rings is 2. The fraction of sp³-hybridized carbons (Fsp3) is 0.0526. The molecule has 0 bridgehead atoms. The Labute approximate surface area is 153 Å². The highest BCUT2D eigenvalue weighted by atomic mass is 79.9. The summed E-state index contributed by atoms with van der Waals surface area (Å²) in [5.41, 5.74) is 2.92. The lowest BCUT2D eigenvalue weighted by Crippen LogP contribution is -2.19. The molecule has 0 atom stereocenters. The zero-order valence-electron chi connectivity index (χ0n) is 13.0. The van der Waals surface area contributed by atoms with Gasteiger partial charge >= 0.3 is 0 Å². The first-order valence-corrected chi connectivity index (χ1v) is 8.99. The van der Waals surface area contributed by atoms with Gasteiger partial charge in [-0.15, -0.1) is 0 Å². The van der Waals surface area contributed by atoms with Gasteiger partial charge in [-0.1, -0.05) is 58.4 Å². The van der Waals surface area contributed by atoms with Crippen molar-refractivity contribution >= 4 is 50.5 Å². The summed E-state index contributed by atoms with van der Waals surface area (Å²) in [5, 5.41) is 3.40. The van der Waals surface area contributed by atoms with Crippen molar-refractivity contribution in [2.24, 2.45) is 4.99 Å². The molecule has 120 valence electrons. The number of carbonyl (C=O) groups is 1. The first-order chi connectivity index (χ1) is 11.6. The number of hydrogen-bond donors (Lipinski definition) is 1. The molecule has 5 heteroatoms. The highest BCUT2D eigenvalue weighted by Crippen LogP contribution is 2.28. The summed E-state index contributed by atoms with van der Waals surface area (Å²) in [4.78, 5) is 17.2. The van der Waals surface area contributed by atoms with E-state index in [2.05, 4.69) is 26.2 Å². The fourth-order valence-electron chi connectivity index (χ4n) is 2.20. The van der Waals surface area contributed by atoms with Crippen LogP contribution in [0.1, 0.15) is 12.5 Å². The normalized spacial score (nSPS) is 18.2. The smallest absolute Gasteiger partial charge is 0.264 e. The molecule has 1 saturated heterocycles. The molecule has 1 amide bonds. The van der Waals surface area contributed by atoms with E-state index in [1.807, 2.05) is 73.7 Å². The maximum atomic E-state index is 12.1.